The number of hydrogen-bond acceptors (Lipinski definition) is 1. The third kappa shape index (κ3) is 4.08. The van der Waals surface area contributed by atoms with Crippen molar-refractivity contribution in [1.82, 2.24) is 5.32 Å². The lowest BCUT2D eigenvalue weighted by atomic mass is 9.76. The maximum absolute atomic E-state index is 3.63. The van der Waals surface area contributed by atoms with Gasteiger partial charge in [0.15, 0.2) is 0 Å². The minimum atomic E-state index is 0.789. The number of hydrogen-bond donors (Lipinski definition) is 1. The summed E-state index contributed by atoms with van der Waals surface area (Å²) in [5.41, 5.74) is 0. The molecule has 2 atom stereocenters. The van der Waals surface area contributed by atoms with Gasteiger partial charge in [-0.25, -0.2) is 0 Å². The Morgan fingerprint density at radius 3 is 2.31 bits per heavy atom. The number of nitrogens with one attached hydrogen (secondary N) is 1. The first kappa shape index (κ1) is 14.0. The summed E-state index contributed by atoms with van der Waals surface area (Å²) in [5.74, 6) is 1.87. The third-order valence-corrected chi connectivity index (χ3v) is 4.45. The summed E-state index contributed by atoms with van der Waals surface area (Å²) in [5, 5.41) is 3.63. The second-order valence-electron chi connectivity index (χ2n) is 5.52. The first-order valence-electron chi connectivity index (χ1n) is 7.50. The van der Waals surface area contributed by atoms with E-state index in [9.17, 15) is 0 Å². The standard InChI is InChI=1S/C15H31N/c1-4-6-10-13(5-2)15(16-3)14-11-8-7-9-12-14/h13-16H,4-12H2,1-3H3. The van der Waals surface area contributed by atoms with E-state index in [1.807, 2.05) is 0 Å². The fourth-order valence-electron chi connectivity index (χ4n) is 3.45. The van der Waals surface area contributed by atoms with E-state index in [0.29, 0.717) is 0 Å². The first-order valence-corrected chi connectivity index (χ1v) is 7.50. The van der Waals surface area contributed by atoms with E-state index in [2.05, 4.69) is 26.2 Å². The molecule has 16 heavy (non-hydrogen) atoms. The van der Waals surface area contributed by atoms with Crippen LogP contribution in [-0.4, -0.2) is 13.1 Å². The fraction of sp³-hybridized carbons (Fsp3) is 1.00. The molecule has 1 heteroatoms. The van der Waals surface area contributed by atoms with Crippen molar-refractivity contribution in [2.45, 2.75) is 77.7 Å². The minimum Gasteiger partial charge on any atom is -0.316 e. The second kappa shape index (κ2) is 8.11. The van der Waals surface area contributed by atoms with Crippen LogP contribution < -0.4 is 5.32 Å². The number of rotatable bonds is 7. The van der Waals surface area contributed by atoms with Crippen LogP contribution in [-0.2, 0) is 0 Å². The molecule has 1 N–H and O–H groups in total. The SMILES string of the molecule is CCCCC(CC)C(NC)C1CCCCC1. The van der Waals surface area contributed by atoms with Gasteiger partial charge in [-0.3, -0.25) is 0 Å². The zero-order chi connectivity index (χ0) is 11.8. The molecular weight excluding hydrogens is 194 g/mol. The maximum Gasteiger partial charge on any atom is 0.0120 e. The summed E-state index contributed by atoms with van der Waals surface area (Å²) in [6.45, 7) is 4.68. The second-order valence-corrected chi connectivity index (χ2v) is 5.52. The molecule has 1 fully saturated rings. The van der Waals surface area contributed by atoms with Crippen LogP contribution in [0.2, 0.25) is 0 Å². The molecule has 1 rings (SSSR count). The molecule has 1 saturated carbocycles. The smallest absolute Gasteiger partial charge is 0.0120 e. The minimum absolute atomic E-state index is 0.789. The van der Waals surface area contributed by atoms with Gasteiger partial charge in [-0.1, -0.05) is 52.4 Å². The molecule has 0 spiro atoms. The van der Waals surface area contributed by atoms with Crippen LogP contribution in [0.25, 0.3) is 0 Å². The van der Waals surface area contributed by atoms with Gasteiger partial charge in [0, 0.05) is 6.04 Å². The highest BCUT2D eigenvalue weighted by Crippen LogP contribution is 2.32. The van der Waals surface area contributed by atoms with Crippen LogP contribution in [0.3, 0.4) is 0 Å². The Balaban J connectivity index is 2.47. The third-order valence-electron chi connectivity index (χ3n) is 4.45. The Hall–Kier alpha value is -0.0400. The van der Waals surface area contributed by atoms with Crippen molar-refractivity contribution in [2.24, 2.45) is 11.8 Å². The fourth-order valence-corrected chi connectivity index (χ4v) is 3.45. The topological polar surface area (TPSA) is 12.0 Å². The molecule has 1 nitrogen and oxygen atoms in total. The molecule has 96 valence electrons. The van der Waals surface area contributed by atoms with E-state index in [4.69, 9.17) is 0 Å². The Bertz CT molecular complexity index is 161. The zero-order valence-electron chi connectivity index (χ0n) is 11.6. The van der Waals surface area contributed by atoms with E-state index in [-0.39, 0.29) is 0 Å². The van der Waals surface area contributed by atoms with E-state index >= 15 is 0 Å². The quantitative estimate of drug-likeness (QED) is 0.678. The summed E-state index contributed by atoms with van der Waals surface area (Å²) in [6.07, 6.45) is 12.9. The molecule has 0 aliphatic heterocycles. The highest BCUT2D eigenvalue weighted by atomic mass is 14.9. The molecule has 1 aliphatic rings. The van der Waals surface area contributed by atoms with Crippen molar-refractivity contribution >= 4 is 0 Å². The summed E-state index contributed by atoms with van der Waals surface area (Å²) >= 11 is 0. The molecule has 0 amide bonds. The molecule has 0 radical (unpaired) electrons. The molecule has 0 saturated heterocycles. The van der Waals surface area contributed by atoms with E-state index in [1.54, 1.807) is 0 Å². The van der Waals surface area contributed by atoms with Crippen molar-refractivity contribution in [3.8, 4) is 0 Å². The largest absolute Gasteiger partial charge is 0.316 e. The van der Waals surface area contributed by atoms with Gasteiger partial charge in [-0.05, 0) is 38.1 Å². The van der Waals surface area contributed by atoms with Crippen LogP contribution in [0.5, 0.6) is 0 Å². The van der Waals surface area contributed by atoms with Gasteiger partial charge in [0.2, 0.25) is 0 Å². The van der Waals surface area contributed by atoms with Gasteiger partial charge in [0.1, 0.15) is 0 Å². The van der Waals surface area contributed by atoms with Gasteiger partial charge in [0.25, 0.3) is 0 Å². The van der Waals surface area contributed by atoms with E-state index < -0.39 is 0 Å². The highest BCUT2D eigenvalue weighted by Gasteiger charge is 2.27. The number of unbranched alkanes of at least 4 members (excludes halogenated alkanes) is 1. The average Bonchev–Trinajstić information content (AvgIpc) is 2.35. The lowest BCUT2D eigenvalue weighted by Gasteiger charge is -2.35. The lowest BCUT2D eigenvalue weighted by Crippen LogP contribution is -2.41. The van der Waals surface area contributed by atoms with Crippen molar-refractivity contribution in [3.05, 3.63) is 0 Å². The van der Waals surface area contributed by atoms with E-state index in [1.165, 1.54) is 57.8 Å². The molecule has 0 bridgehead atoms. The lowest BCUT2D eigenvalue weighted by molar-refractivity contribution is 0.200. The molecule has 0 aromatic heterocycles. The summed E-state index contributed by atoms with van der Waals surface area (Å²) in [4.78, 5) is 0. The summed E-state index contributed by atoms with van der Waals surface area (Å²) in [6, 6.07) is 0.789. The molecular formula is C15H31N. The van der Waals surface area contributed by atoms with E-state index in [0.717, 1.165) is 17.9 Å². The Morgan fingerprint density at radius 1 is 1.12 bits per heavy atom. The van der Waals surface area contributed by atoms with Gasteiger partial charge < -0.3 is 5.32 Å². The maximum atomic E-state index is 3.63. The van der Waals surface area contributed by atoms with Crippen LogP contribution in [0.4, 0.5) is 0 Å². The van der Waals surface area contributed by atoms with Gasteiger partial charge in [-0.2, -0.15) is 0 Å². The molecule has 0 aromatic rings. The predicted octanol–water partition coefficient (Wildman–Crippen LogP) is 4.37. The first-order chi connectivity index (χ1) is 7.83. The molecule has 0 aromatic carbocycles. The van der Waals surface area contributed by atoms with Crippen LogP contribution in [0.1, 0.15) is 71.6 Å². The molecule has 1 aliphatic carbocycles. The predicted molar refractivity (Wildman–Crippen MR) is 72.7 cm³/mol. The van der Waals surface area contributed by atoms with Gasteiger partial charge in [-0.15, -0.1) is 0 Å². The monoisotopic (exact) mass is 225 g/mol. The Labute approximate surface area is 102 Å². The highest BCUT2D eigenvalue weighted by molar-refractivity contribution is 4.83. The zero-order valence-corrected chi connectivity index (χ0v) is 11.6. The Morgan fingerprint density at radius 2 is 1.81 bits per heavy atom. The van der Waals surface area contributed by atoms with Crippen LogP contribution >= 0.6 is 0 Å². The van der Waals surface area contributed by atoms with Crippen molar-refractivity contribution < 1.29 is 0 Å². The van der Waals surface area contributed by atoms with Crippen LogP contribution in [0, 0.1) is 11.8 Å². The van der Waals surface area contributed by atoms with Gasteiger partial charge >= 0.3 is 0 Å². The average molecular weight is 225 g/mol. The summed E-state index contributed by atoms with van der Waals surface area (Å²) in [7, 11) is 2.17. The molecule has 0 heterocycles. The Kier molecular flexibility index (Phi) is 7.11. The summed E-state index contributed by atoms with van der Waals surface area (Å²) < 4.78 is 0. The normalized spacial score (nSPS) is 21.9. The van der Waals surface area contributed by atoms with Gasteiger partial charge in [0.05, 0.1) is 0 Å². The molecule has 2 unspecified atom stereocenters. The van der Waals surface area contributed by atoms with Crippen molar-refractivity contribution in [1.29, 1.82) is 0 Å². The van der Waals surface area contributed by atoms with Crippen molar-refractivity contribution in [2.75, 3.05) is 7.05 Å². The van der Waals surface area contributed by atoms with Crippen LogP contribution in [0.15, 0.2) is 0 Å². The van der Waals surface area contributed by atoms with Crippen molar-refractivity contribution in [3.63, 3.8) is 0 Å².